The van der Waals surface area contributed by atoms with Crippen molar-refractivity contribution in [1.82, 2.24) is 15.5 Å². The van der Waals surface area contributed by atoms with Crippen LogP contribution in [0.4, 0.5) is 4.79 Å². The average Bonchev–Trinajstić information content (AvgIpc) is 2.65. The molecule has 2 rings (SSSR count). The highest BCUT2D eigenvalue weighted by Gasteiger charge is 2.42. The summed E-state index contributed by atoms with van der Waals surface area (Å²) in [5.41, 5.74) is 2.30. The summed E-state index contributed by atoms with van der Waals surface area (Å²) >= 11 is 0. The van der Waals surface area contributed by atoms with E-state index in [0.29, 0.717) is 6.42 Å². The summed E-state index contributed by atoms with van der Waals surface area (Å²) in [6.45, 7) is 17.3. The average molecular weight is 488 g/mol. The van der Waals surface area contributed by atoms with Crippen molar-refractivity contribution in [3.8, 4) is 0 Å². The molecule has 3 amide bonds. The molecule has 2 atom stereocenters. The third-order valence-electron chi connectivity index (χ3n) is 6.22. The molecule has 1 fully saturated rings. The summed E-state index contributed by atoms with van der Waals surface area (Å²) in [5, 5.41) is 5.83. The molecule has 2 N–H and O–H groups in total. The second-order valence-electron chi connectivity index (χ2n) is 11.6. The number of hydrogen-bond acceptors (Lipinski definition) is 4. The molecule has 1 aromatic carbocycles. The number of aryl methyl sites for hydroxylation is 2. The molecule has 35 heavy (non-hydrogen) atoms. The van der Waals surface area contributed by atoms with Crippen LogP contribution in [0, 0.1) is 19.8 Å². The maximum Gasteiger partial charge on any atom is 0.408 e. The lowest BCUT2D eigenvalue weighted by molar-refractivity contribution is -0.148. The van der Waals surface area contributed by atoms with Gasteiger partial charge in [-0.3, -0.25) is 9.59 Å². The van der Waals surface area contributed by atoms with Gasteiger partial charge in [0.2, 0.25) is 11.8 Å². The van der Waals surface area contributed by atoms with Gasteiger partial charge in [-0.05, 0) is 96.8 Å². The highest BCUT2D eigenvalue weighted by molar-refractivity contribution is 5.92. The van der Waals surface area contributed by atoms with Crippen LogP contribution >= 0.6 is 0 Å². The second-order valence-corrected chi connectivity index (χ2v) is 11.6. The molecule has 196 valence electrons. The van der Waals surface area contributed by atoms with E-state index in [0.717, 1.165) is 36.0 Å². The van der Waals surface area contributed by atoms with Crippen LogP contribution < -0.4 is 10.6 Å². The van der Waals surface area contributed by atoms with E-state index in [-0.39, 0.29) is 29.8 Å². The minimum Gasteiger partial charge on any atom is -0.444 e. The van der Waals surface area contributed by atoms with Gasteiger partial charge >= 0.3 is 6.09 Å². The van der Waals surface area contributed by atoms with E-state index in [1.165, 1.54) is 0 Å². The lowest BCUT2D eigenvalue weighted by Gasteiger charge is -2.44. The number of nitrogens with one attached hydrogen (secondary N) is 2. The van der Waals surface area contributed by atoms with Crippen molar-refractivity contribution in [2.45, 2.75) is 118 Å². The van der Waals surface area contributed by atoms with Gasteiger partial charge in [-0.25, -0.2) is 4.79 Å². The number of alkyl carbamates (subject to hydrolysis) is 1. The number of ether oxygens (including phenoxy) is 1. The number of amides is 3. The first kappa shape index (κ1) is 28.7. The Morgan fingerprint density at radius 1 is 1.03 bits per heavy atom. The first-order valence-corrected chi connectivity index (χ1v) is 12.9. The van der Waals surface area contributed by atoms with Gasteiger partial charge in [0.05, 0.1) is 0 Å². The smallest absolute Gasteiger partial charge is 0.408 e. The molecular formula is C28H45N3O4. The molecule has 0 bridgehead atoms. The quantitative estimate of drug-likeness (QED) is 0.502. The third kappa shape index (κ3) is 8.25. The summed E-state index contributed by atoms with van der Waals surface area (Å²) in [4.78, 5) is 42.1. The Labute approximate surface area is 211 Å². The molecule has 0 aromatic heterocycles. The molecule has 0 spiro atoms. The molecule has 0 heterocycles. The van der Waals surface area contributed by atoms with E-state index < -0.39 is 23.8 Å². The molecule has 7 heteroatoms. The summed E-state index contributed by atoms with van der Waals surface area (Å²) in [5.74, 6) is -0.285. The number of carbonyl (C=O) groups is 3. The van der Waals surface area contributed by atoms with Crippen molar-refractivity contribution in [2.24, 2.45) is 5.92 Å². The minimum absolute atomic E-state index is 0.0536. The maximum atomic E-state index is 14.1. The van der Waals surface area contributed by atoms with Crippen LogP contribution in [0.15, 0.2) is 18.2 Å². The molecule has 0 aliphatic heterocycles. The fraction of sp³-hybridized carbons (Fsp3) is 0.679. The Morgan fingerprint density at radius 2 is 1.66 bits per heavy atom. The van der Waals surface area contributed by atoms with E-state index >= 15 is 0 Å². The predicted octanol–water partition coefficient (Wildman–Crippen LogP) is 5.19. The topological polar surface area (TPSA) is 87.7 Å². The highest BCUT2D eigenvalue weighted by atomic mass is 16.6. The Morgan fingerprint density at radius 3 is 2.11 bits per heavy atom. The van der Waals surface area contributed by atoms with Gasteiger partial charge in [0, 0.05) is 12.1 Å². The van der Waals surface area contributed by atoms with Gasteiger partial charge in [0.1, 0.15) is 17.7 Å². The van der Waals surface area contributed by atoms with Gasteiger partial charge in [-0.2, -0.15) is 0 Å². The lowest BCUT2D eigenvalue weighted by Crippen LogP contribution is -2.58. The zero-order valence-electron chi connectivity index (χ0n) is 23.0. The predicted molar refractivity (Wildman–Crippen MR) is 139 cm³/mol. The summed E-state index contributed by atoms with van der Waals surface area (Å²) in [6, 6.07) is 4.25. The van der Waals surface area contributed by atoms with Crippen molar-refractivity contribution in [1.29, 1.82) is 0 Å². The Kier molecular flexibility index (Phi) is 9.76. The summed E-state index contributed by atoms with van der Waals surface area (Å²) in [6.07, 6.45) is 2.51. The number of hydrogen-bond donors (Lipinski definition) is 2. The Balaban J connectivity index is 2.51. The highest BCUT2D eigenvalue weighted by Crippen LogP contribution is 2.35. The summed E-state index contributed by atoms with van der Waals surface area (Å²) in [7, 11) is 0. The van der Waals surface area contributed by atoms with Crippen molar-refractivity contribution >= 4 is 17.9 Å². The van der Waals surface area contributed by atoms with E-state index in [1.807, 2.05) is 59.7 Å². The normalized spacial score (nSPS) is 15.9. The van der Waals surface area contributed by atoms with Crippen LogP contribution in [0.25, 0.3) is 0 Å². The van der Waals surface area contributed by atoms with Gasteiger partial charge in [0.25, 0.3) is 0 Å². The summed E-state index contributed by atoms with van der Waals surface area (Å²) < 4.78 is 5.45. The Bertz CT molecular complexity index is 900. The molecule has 1 saturated carbocycles. The zero-order valence-corrected chi connectivity index (χ0v) is 23.0. The first-order valence-electron chi connectivity index (χ1n) is 12.9. The molecule has 7 nitrogen and oxygen atoms in total. The van der Waals surface area contributed by atoms with Gasteiger partial charge < -0.3 is 20.3 Å². The van der Waals surface area contributed by atoms with Crippen LogP contribution in [0.1, 0.15) is 96.9 Å². The molecule has 1 aromatic rings. The monoisotopic (exact) mass is 487 g/mol. The van der Waals surface area contributed by atoms with Crippen molar-refractivity contribution in [3.05, 3.63) is 34.9 Å². The molecule has 1 aliphatic rings. The van der Waals surface area contributed by atoms with E-state index in [4.69, 9.17) is 4.74 Å². The molecule has 2 unspecified atom stereocenters. The SMILES string of the molecule is Cc1ccc(C(C(=O)NC(C)C)N(C(=O)C(CC(C)C)NC(=O)OC(C)(C)C)C2CCC2)cc1C. The van der Waals surface area contributed by atoms with E-state index in [9.17, 15) is 14.4 Å². The largest absolute Gasteiger partial charge is 0.444 e. The third-order valence-corrected chi connectivity index (χ3v) is 6.22. The first-order chi connectivity index (χ1) is 16.2. The van der Waals surface area contributed by atoms with E-state index in [2.05, 4.69) is 10.6 Å². The lowest BCUT2D eigenvalue weighted by atomic mass is 9.87. The van der Waals surface area contributed by atoms with Crippen molar-refractivity contribution in [2.75, 3.05) is 0 Å². The van der Waals surface area contributed by atoms with E-state index in [1.54, 1.807) is 25.7 Å². The van der Waals surface area contributed by atoms with Gasteiger partial charge in [0.15, 0.2) is 0 Å². The van der Waals surface area contributed by atoms with Crippen LogP contribution in [0.5, 0.6) is 0 Å². The van der Waals surface area contributed by atoms with Crippen LogP contribution in [-0.4, -0.2) is 46.5 Å². The van der Waals surface area contributed by atoms with Crippen LogP contribution in [-0.2, 0) is 14.3 Å². The minimum atomic E-state index is -0.786. The number of carbonyl (C=O) groups excluding carboxylic acids is 3. The van der Waals surface area contributed by atoms with Crippen LogP contribution in [0.3, 0.4) is 0 Å². The fourth-order valence-corrected chi connectivity index (χ4v) is 4.24. The second kappa shape index (κ2) is 11.9. The number of benzene rings is 1. The number of rotatable bonds is 9. The maximum absolute atomic E-state index is 14.1. The molecule has 0 radical (unpaired) electrons. The standard InChI is InChI=1S/C28H45N3O4/c1-17(2)15-23(30-27(34)35-28(7,8)9)26(33)31(22-11-10-12-22)24(25(32)29-18(3)4)21-14-13-19(5)20(6)16-21/h13-14,16-18,22-24H,10-12,15H2,1-9H3,(H,29,32)(H,30,34). The Hall–Kier alpha value is -2.57. The van der Waals surface area contributed by atoms with Crippen molar-refractivity contribution in [3.63, 3.8) is 0 Å². The van der Waals surface area contributed by atoms with Gasteiger partial charge in [-0.15, -0.1) is 0 Å². The molecule has 0 saturated heterocycles. The molecular weight excluding hydrogens is 442 g/mol. The van der Waals surface area contributed by atoms with Crippen molar-refractivity contribution < 1.29 is 19.1 Å². The molecule has 1 aliphatic carbocycles. The zero-order chi connectivity index (χ0) is 26.5. The number of nitrogens with zero attached hydrogens (tertiary/aromatic N) is 1. The van der Waals surface area contributed by atoms with Gasteiger partial charge in [-0.1, -0.05) is 32.0 Å². The van der Waals surface area contributed by atoms with Crippen LogP contribution in [0.2, 0.25) is 0 Å². The fourth-order valence-electron chi connectivity index (χ4n) is 4.24.